The Bertz CT molecular complexity index is 1350. The number of aromatic nitrogens is 2. The summed E-state index contributed by atoms with van der Waals surface area (Å²) in [7, 11) is 3.18. The second-order valence-corrected chi connectivity index (χ2v) is 8.69. The van der Waals surface area contributed by atoms with Crippen molar-refractivity contribution in [1.29, 1.82) is 0 Å². The van der Waals surface area contributed by atoms with Crippen molar-refractivity contribution in [3.63, 3.8) is 0 Å². The highest BCUT2D eigenvalue weighted by Crippen LogP contribution is 2.26. The molecule has 0 aliphatic carbocycles. The summed E-state index contributed by atoms with van der Waals surface area (Å²) in [4.78, 5) is 27.9. The zero-order valence-electron chi connectivity index (χ0n) is 21.3. The van der Waals surface area contributed by atoms with Crippen LogP contribution in [0.1, 0.15) is 24.2 Å². The van der Waals surface area contributed by atoms with E-state index in [1.165, 1.54) is 4.90 Å². The molecule has 37 heavy (non-hydrogen) atoms. The summed E-state index contributed by atoms with van der Waals surface area (Å²) in [6.07, 6.45) is 0. The number of carbonyl (C=O) groups excluding carboxylic acids is 2. The third-order valence-corrected chi connectivity index (χ3v) is 5.90. The molecule has 0 aliphatic rings. The van der Waals surface area contributed by atoms with Crippen LogP contribution >= 0.6 is 0 Å². The van der Waals surface area contributed by atoms with Gasteiger partial charge in [0.15, 0.2) is 0 Å². The van der Waals surface area contributed by atoms with E-state index in [0.717, 1.165) is 17.0 Å². The van der Waals surface area contributed by atoms with Crippen molar-refractivity contribution in [2.24, 2.45) is 0 Å². The molecule has 0 atom stereocenters. The predicted octanol–water partition coefficient (Wildman–Crippen LogP) is 5.05. The van der Waals surface area contributed by atoms with Crippen molar-refractivity contribution in [1.82, 2.24) is 14.7 Å². The van der Waals surface area contributed by atoms with E-state index in [0.29, 0.717) is 22.8 Å². The number of hydrogen-bond acceptors (Lipinski definition) is 5. The van der Waals surface area contributed by atoms with E-state index in [2.05, 4.69) is 5.32 Å². The Balaban J connectivity index is 1.59. The summed E-state index contributed by atoms with van der Waals surface area (Å²) in [6, 6.07) is 25.6. The first kappa shape index (κ1) is 25.5. The first-order valence-corrected chi connectivity index (χ1v) is 11.9. The number of rotatable bonds is 9. The summed E-state index contributed by atoms with van der Waals surface area (Å²) in [5.74, 6) is 1.31. The van der Waals surface area contributed by atoms with E-state index in [1.807, 2.05) is 74.5 Å². The summed E-state index contributed by atoms with van der Waals surface area (Å²) >= 11 is 0. The van der Waals surface area contributed by atoms with Crippen LogP contribution in [-0.4, -0.2) is 53.3 Å². The Morgan fingerprint density at radius 1 is 0.892 bits per heavy atom. The highest BCUT2D eigenvalue weighted by molar-refractivity contribution is 5.99. The molecule has 4 aromatic rings. The van der Waals surface area contributed by atoms with Crippen LogP contribution < -0.4 is 14.8 Å². The quantitative estimate of drug-likeness (QED) is 0.349. The zero-order chi connectivity index (χ0) is 26.4. The third kappa shape index (κ3) is 5.98. The van der Waals surface area contributed by atoms with Gasteiger partial charge in [0.25, 0.3) is 5.91 Å². The second-order valence-electron chi connectivity index (χ2n) is 8.69. The number of amides is 2. The first-order valence-electron chi connectivity index (χ1n) is 11.9. The molecule has 3 aromatic carbocycles. The van der Waals surface area contributed by atoms with E-state index in [1.54, 1.807) is 43.2 Å². The Kier molecular flexibility index (Phi) is 7.88. The van der Waals surface area contributed by atoms with Gasteiger partial charge in [-0.25, -0.2) is 4.68 Å². The summed E-state index contributed by atoms with van der Waals surface area (Å²) in [6.45, 7) is 3.64. The van der Waals surface area contributed by atoms with Gasteiger partial charge in [-0.15, -0.1) is 0 Å². The van der Waals surface area contributed by atoms with E-state index in [9.17, 15) is 9.59 Å². The molecule has 0 radical (unpaired) electrons. The van der Waals surface area contributed by atoms with Crippen molar-refractivity contribution < 1.29 is 19.1 Å². The molecule has 0 spiro atoms. The van der Waals surface area contributed by atoms with Gasteiger partial charge in [-0.1, -0.05) is 30.3 Å². The Morgan fingerprint density at radius 2 is 1.49 bits per heavy atom. The summed E-state index contributed by atoms with van der Waals surface area (Å²) in [5, 5.41) is 7.70. The van der Waals surface area contributed by atoms with Crippen LogP contribution in [0, 0.1) is 0 Å². The maximum Gasteiger partial charge on any atom is 0.254 e. The van der Waals surface area contributed by atoms with Crippen LogP contribution in [0.25, 0.3) is 16.9 Å². The molecule has 2 amide bonds. The zero-order valence-corrected chi connectivity index (χ0v) is 21.3. The van der Waals surface area contributed by atoms with Gasteiger partial charge in [-0.3, -0.25) is 9.59 Å². The molecule has 4 rings (SSSR count). The maximum absolute atomic E-state index is 13.2. The van der Waals surface area contributed by atoms with Crippen LogP contribution in [0.3, 0.4) is 0 Å². The molecule has 1 N–H and O–H groups in total. The van der Waals surface area contributed by atoms with Crippen molar-refractivity contribution >= 4 is 17.6 Å². The largest absolute Gasteiger partial charge is 0.497 e. The number of carbonyl (C=O) groups is 2. The van der Waals surface area contributed by atoms with E-state index >= 15 is 0 Å². The number of anilines is 1. The lowest BCUT2D eigenvalue weighted by molar-refractivity contribution is -0.117. The fourth-order valence-corrected chi connectivity index (χ4v) is 3.87. The van der Waals surface area contributed by atoms with Gasteiger partial charge in [0.1, 0.15) is 23.9 Å². The molecule has 1 aromatic heterocycles. The van der Waals surface area contributed by atoms with Gasteiger partial charge in [0.2, 0.25) is 5.91 Å². The third-order valence-electron chi connectivity index (χ3n) is 5.90. The summed E-state index contributed by atoms with van der Waals surface area (Å²) < 4.78 is 12.1. The number of ether oxygens (including phenoxy) is 2. The molecule has 8 heteroatoms. The lowest BCUT2D eigenvalue weighted by Gasteiger charge is -2.26. The fourth-order valence-electron chi connectivity index (χ4n) is 3.87. The van der Waals surface area contributed by atoms with Gasteiger partial charge in [0.05, 0.1) is 25.6 Å². The molecule has 0 aliphatic heterocycles. The SMILES string of the molecule is COc1ccc(C(=O)N(CC(=O)Nc2cc(-c3ccccc3)nn2-c2ccc(OC)cc2)C(C)C)cc1. The number of hydrogen-bond donors (Lipinski definition) is 1. The van der Waals surface area contributed by atoms with Gasteiger partial charge in [-0.05, 0) is 62.4 Å². The molecule has 1 heterocycles. The smallest absolute Gasteiger partial charge is 0.254 e. The molecular weight excluding hydrogens is 468 g/mol. The number of benzene rings is 3. The van der Waals surface area contributed by atoms with E-state index in [4.69, 9.17) is 14.6 Å². The minimum absolute atomic E-state index is 0.114. The molecule has 0 saturated carbocycles. The van der Waals surface area contributed by atoms with Crippen molar-refractivity contribution in [2.75, 3.05) is 26.1 Å². The van der Waals surface area contributed by atoms with Crippen molar-refractivity contribution in [3.8, 4) is 28.4 Å². The van der Waals surface area contributed by atoms with Crippen molar-refractivity contribution in [3.05, 3.63) is 90.5 Å². The topological polar surface area (TPSA) is 85.7 Å². The number of nitrogens with zero attached hydrogens (tertiary/aromatic N) is 3. The van der Waals surface area contributed by atoms with Crippen molar-refractivity contribution in [2.45, 2.75) is 19.9 Å². The molecule has 0 saturated heterocycles. The number of methoxy groups -OCH3 is 2. The Hall–Kier alpha value is -4.59. The minimum atomic E-state index is -0.329. The molecule has 8 nitrogen and oxygen atoms in total. The normalized spacial score (nSPS) is 10.7. The lowest BCUT2D eigenvalue weighted by atomic mass is 10.1. The van der Waals surface area contributed by atoms with Crippen LogP contribution in [0.5, 0.6) is 11.5 Å². The van der Waals surface area contributed by atoms with Gasteiger partial charge >= 0.3 is 0 Å². The highest BCUT2D eigenvalue weighted by Gasteiger charge is 2.23. The minimum Gasteiger partial charge on any atom is -0.497 e. The highest BCUT2D eigenvalue weighted by atomic mass is 16.5. The van der Waals surface area contributed by atoms with Gasteiger partial charge in [-0.2, -0.15) is 5.10 Å². The average molecular weight is 499 g/mol. The van der Waals surface area contributed by atoms with Crippen LogP contribution in [0.2, 0.25) is 0 Å². The average Bonchev–Trinajstić information content (AvgIpc) is 3.35. The molecular formula is C29H30N4O4. The van der Waals surface area contributed by atoms with Crippen LogP contribution in [0.15, 0.2) is 84.9 Å². The summed E-state index contributed by atoms with van der Waals surface area (Å²) in [5.41, 5.74) is 2.87. The van der Waals surface area contributed by atoms with E-state index < -0.39 is 0 Å². The van der Waals surface area contributed by atoms with Gasteiger partial charge in [0, 0.05) is 23.2 Å². The molecule has 190 valence electrons. The Morgan fingerprint density at radius 3 is 2.05 bits per heavy atom. The predicted molar refractivity (Wildman–Crippen MR) is 143 cm³/mol. The Labute approximate surface area is 216 Å². The maximum atomic E-state index is 13.2. The first-order chi connectivity index (χ1) is 17.9. The van der Waals surface area contributed by atoms with Gasteiger partial charge < -0.3 is 19.7 Å². The molecule has 0 bridgehead atoms. The lowest BCUT2D eigenvalue weighted by Crippen LogP contribution is -2.42. The monoisotopic (exact) mass is 498 g/mol. The number of nitrogens with one attached hydrogen (secondary N) is 1. The molecule has 0 unspecified atom stereocenters. The standard InChI is InChI=1S/C29H30N4O4/c1-20(2)32(29(35)22-10-14-24(36-3)15-11-22)19-28(34)30-27-18-26(21-8-6-5-7-9-21)31-33(27)23-12-16-25(37-4)17-13-23/h5-18,20H,19H2,1-4H3,(H,30,34). The molecule has 0 fully saturated rings. The fraction of sp³-hybridized carbons (Fsp3) is 0.207. The van der Waals surface area contributed by atoms with Crippen LogP contribution in [-0.2, 0) is 4.79 Å². The van der Waals surface area contributed by atoms with Crippen LogP contribution in [0.4, 0.5) is 5.82 Å². The second kappa shape index (κ2) is 11.4. The van der Waals surface area contributed by atoms with E-state index in [-0.39, 0.29) is 24.4 Å².